The first-order chi connectivity index (χ1) is 10.8. The smallest absolute Gasteiger partial charge is 0.223 e. The quantitative estimate of drug-likeness (QED) is 0.800. The van der Waals surface area contributed by atoms with Gasteiger partial charge in [0, 0.05) is 24.9 Å². The number of benzene rings is 2. The van der Waals surface area contributed by atoms with Crippen molar-refractivity contribution in [2.45, 2.75) is 38.1 Å². The van der Waals surface area contributed by atoms with E-state index in [9.17, 15) is 9.59 Å². The third kappa shape index (κ3) is 2.04. The fourth-order valence-electron chi connectivity index (χ4n) is 3.88. The van der Waals surface area contributed by atoms with Crippen LogP contribution in [0.15, 0.2) is 36.4 Å². The Morgan fingerprint density at radius 3 is 2.73 bits per heavy atom. The van der Waals surface area contributed by atoms with Gasteiger partial charge in [0.25, 0.3) is 0 Å². The summed E-state index contributed by atoms with van der Waals surface area (Å²) < 4.78 is 0. The maximum atomic E-state index is 12.6. The molecule has 3 heteroatoms. The van der Waals surface area contributed by atoms with Gasteiger partial charge in [-0.05, 0) is 29.2 Å². The van der Waals surface area contributed by atoms with Crippen LogP contribution < -0.4 is 0 Å². The molecule has 1 atom stereocenters. The number of Topliss-reactive ketones (excluding diaryl/α,β-unsaturated/α-hetero) is 1. The molecular weight excluding hydrogens is 274 g/mol. The number of amides is 1. The van der Waals surface area contributed by atoms with Crippen molar-refractivity contribution in [3.63, 3.8) is 0 Å². The molecule has 1 fully saturated rings. The van der Waals surface area contributed by atoms with Crippen molar-refractivity contribution >= 4 is 22.5 Å². The second kappa shape index (κ2) is 5.24. The number of fused-ring (bicyclic) bond motifs is 3. The van der Waals surface area contributed by atoms with Crippen LogP contribution in [0.3, 0.4) is 0 Å². The number of rotatable bonds is 1. The fourth-order valence-corrected chi connectivity index (χ4v) is 3.88. The fraction of sp³-hybridized carbons (Fsp3) is 0.368. The second-order valence-electron chi connectivity index (χ2n) is 6.29. The van der Waals surface area contributed by atoms with Gasteiger partial charge < -0.3 is 4.90 Å². The number of nitrogens with zero attached hydrogens (tertiary/aromatic N) is 1. The molecule has 0 bridgehead atoms. The van der Waals surface area contributed by atoms with Gasteiger partial charge in [-0.25, -0.2) is 0 Å². The molecule has 2 aromatic rings. The summed E-state index contributed by atoms with van der Waals surface area (Å²) in [6.07, 6.45) is 4.18. The Morgan fingerprint density at radius 2 is 1.82 bits per heavy atom. The van der Waals surface area contributed by atoms with Gasteiger partial charge >= 0.3 is 0 Å². The molecule has 4 rings (SSSR count). The standard InChI is InChI=1S/C19H19NO2/c21-17-12-16(20-11-5-1-2-8-18(20)22)15-10-9-13-6-3-4-7-14(13)19(15)17/h3-4,6-7,9-10,16H,1-2,5,8,11-12H2. The van der Waals surface area contributed by atoms with E-state index in [1.807, 2.05) is 35.2 Å². The van der Waals surface area contributed by atoms with Crippen LogP contribution in [0.4, 0.5) is 0 Å². The van der Waals surface area contributed by atoms with Crippen LogP contribution in [-0.4, -0.2) is 23.1 Å². The van der Waals surface area contributed by atoms with E-state index in [2.05, 4.69) is 6.07 Å². The number of likely N-dealkylation sites (tertiary alicyclic amines) is 1. The summed E-state index contributed by atoms with van der Waals surface area (Å²) in [5, 5.41) is 2.12. The third-order valence-electron chi connectivity index (χ3n) is 4.96. The summed E-state index contributed by atoms with van der Waals surface area (Å²) in [6.45, 7) is 0.781. The van der Waals surface area contributed by atoms with E-state index in [1.165, 1.54) is 0 Å². The van der Waals surface area contributed by atoms with E-state index in [4.69, 9.17) is 0 Å². The average molecular weight is 293 g/mol. The second-order valence-corrected chi connectivity index (χ2v) is 6.29. The van der Waals surface area contributed by atoms with Crippen LogP contribution in [0.5, 0.6) is 0 Å². The van der Waals surface area contributed by atoms with Crippen LogP contribution in [-0.2, 0) is 4.79 Å². The number of ketones is 1. The van der Waals surface area contributed by atoms with Crippen molar-refractivity contribution in [1.29, 1.82) is 0 Å². The lowest BCUT2D eigenvalue weighted by molar-refractivity contribution is -0.132. The largest absolute Gasteiger partial charge is 0.335 e. The summed E-state index contributed by atoms with van der Waals surface area (Å²) in [5.41, 5.74) is 1.87. The maximum absolute atomic E-state index is 12.6. The Labute approximate surface area is 129 Å². The first-order valence-corrected chi connectivity index (χ1v) is 8.10. The first-order valence-electron chi connectivity index (χ1n) is 8.10. The highest BCUT2D eigenvalue weighted by atomic mass is 16.2. The average Bonchev–Trinajstić information content (AvgIpc) is 2.72. The van der Waals surface area contributed by atoms with Crippen LogP contribution in [0.1, 0.15) is 54.1 Å². The number of carbonyl (C=O) groups is 2. The molecule has 0 radical (unpaired) electrons. The van der Waals surface area contributed by atoms with E-state index >= 15 is 0 Å². The molecule has 2 aliphatic rings. The van der Waals surface area contributed by atoms with E-state index < -0.39 is 0 Å². The minimum atomic E-state index is -0.0577. The lowest BCUT2D eigenvalue weighted by Gasteiger charge is -2.28. The number of hydrogen-bond donors (Lipinski definition) is 0. The Bertz CT molecular complexity index is 765. The first kappa shape index (κ1) is 13.5. The molecule has 0 saturated carbocycles. The van der Waals surface area contributed by atoms with Crippen LogP contribution in [0.25, 0.3) is 10.8 Å². The monoisotopic (exact) mass is 293 g/mol. The van der Waals surface area contributed by atoms with Gasteiger partial charge in [0.05, 0.1) is 6.04 Å². The molecule has 1 heterocycles. The predicted octanol–water partition coefficient (Wildman–Crippen LogP) is 3.87. The number of hydrogen-bond acceptors (Lipinski definition) is 2. The minimum absolute atomic E-state index is 0.0577. The van der Waals surface area contributed by atoms with Crippen molar-refractivity contribution < 1.29 is 9.59 Å². The van der Waals surface area contributed by atoms with Crippen molar-refractivity contribution in [2.75, 3.05) is 6.54 Å². The van der Waals surface area contributed by atoms with Gasteiger partial charge in [-0.15, -0.1) is 0 Å². The van der Waals surface area contributed by atoms with Crippen LogP contribution >= 0.6 is 0 Å². The Balaban J connectivity index is 1.82. The Kier molecular flexibility index (Phi) is 3.21. The predicted molar refractivity (Wildman–Crippen MR) is 85.8 cm³/mol. The highest BCUT2D eigenvalue weighted by Crippen LogP contribution is 2.40. The van der Waals surface area contributed by atoms with Gasteiger partial charge in [-0.1, -0.05) is 42.8 Å². The Hall–Kier alpha value is -2.16. The lowest BCUT2D eigenvalue weighted by Crippen LogP contribution is -2.33. The molecule has 22 heavy (non-hydrogen) atoms. The molecular formula is C19H19NO2. The van der Waals surface area contributed by atoms with Crippen molar-refractivity contribution in [3.05, 3.63) is 47.5 Å². The molecule has 112 valence electrons. The van der Waals surface area contributed by atoms with Gasteiger partial charge in [-0.3, -0.25) is 9.59 Å². The molecule has 1 aliphatic carbocycles. The zero-order chi connectivity index (χ0) is 15.1. The Morgan fingerprint density at radius 1 is 0.955 bits per heavy atom. The summed E-state index contributed by atoms with van der Waals surface area (Å²) in [4.78, 5) is 26.9. The van der Waals surface area contributed by atoms with Gasteiger partial charge in [0.15, 0.2) is 5.78 Å². The topological polar surface area (TPSA) is 37.4 Å². The zero-order valence-corrected chi connectivity index (χ0v) is 12.5. The van der Waals surface area contributed by atoms with Crippen molar-refractivity contribution in [1.82, 2.24) is 4.90 Å². The maximum Gasteiger partial charge on any atom is 0.223 e. The third-order valence-corrected chi connectivity index (χ3v) is 4.96. The van der Waals surface area contributed by atoms with E-state index in [1.54, 1.807) is 0 Å². The van der Waals surface area contributed by atoms with E-state index in [0.717, 1.165) is 47.7 Å². The van der Waals surface area contributed by atoms with Crippen LogP contribution in [0.2, 0.25) is 0 Å². The minimum Gasteiger partial charge on any atom is -0.335 e. The van der Waals surface area contributed by atoms with E-state index in [-0.39, 0.29) is 17.7 Å². The highest BCUT2D eigenvalue weighted by Gasteiger charge is 2.36. The summed E-state index contributed by atoms with van der Waals surface area (Å²) in [6, 6.07) is 12.1. The van der Waals surface area contributed by atoms with Crippen molar-refractivity contribution in [2.24, 2.45) is 0 Å². The molecule has 1 saturated heterocycles. The summed E-state index contributed by atoms with van der Waals surface area (Å²) in [7, 11) is 0. The lowest BCUT2D eigenvalue weighted by atomic mass is 9.99. The van der Waals surface area contributed by atoms with Gasteiger partial charge in [0.2, 0.25) is 5.91 Å². The van der Waals surface area contributed by atoms with Crippen LogP contribution in [0, 0.1) is 0 Å². The van der Waals surface area contributed by atoms with Crippen molar-refractivity contribution in [3.8, 4) is 0 Å². The normalized spacial score (nSPS) is 22.0. The highest BCUT2D eigenvalue weighted by molar-refractivity contribution is 6.12. The molecule has 3 nitrogen and oxygen atoms in total. The summed E-state index contributed by atoms with van der Waals surface area (Å²) in [5.74, 6) is 0.380. The van der Waals surface area contributed by atoms with E-state index in [0.29, 0.717) is 12.8 Å². The number of carbonyl (C=O) groups excluding carboxylic acids is 2. The molecule has 0 aromatic heterocycles. The molecule has 0 N–H and O–H groups in total. The zero-order valence-electron chi connectivity index (χ0n) is 12.5. The molecule has 1 amide bonds. The molecule has 0 spiro atoms. The summed E-state index contributed by atoms with van der Waals surface area (Å²) >= 11 is 0. The van der Waals surface area contributed by atoms with Gasteiger partial charge in [0.1, 0.15) is 0 Å². The van der Waals surface area contributed by atoms with Gasteiger partial charge in [-0.2, -0.15) is 0 Å². The molecule has 1 unspecified atom stereocenters. The molecule has 1 aliphatic heterocycles. The SMILES string of the molecule is O=C1CC(N2CCCCCC2=O)c2ccc3ccccc3c21. The molecule has 2 aromatic carbocycles.